The largest absolute Gasteiger partial charge is 0.484 e. The van der Waals surface area contributed by atoms with Crippen molar-refractivity contribution >= 4 is 21.6 Å². The number of aryl methyl sites for hydroxylation is 1. The van der Waals surface area contributed by atoms with Crippen LogP contribution in [0.3, 0.4) is 0 Å². The molecule has 2 aromatic carbocycles. The molecule has 2 rings (SSSR count). The van der Waals surface area contributed by atoms with E-state index < -0.39 is 21.7 Å². The molecule has 0 radical (unpaired) electrons. The summed E-state index contributed by atoms with van der Waals surface area (Å²) in [6.45, 7) is 5.68. The number of hydrogen-bond acceptors (Lipinski definition) is 4. The monoisotopic (exact) mass is 394 g/mol. The lowest BCUT2D eigenvalue weighted by Crippen LogP contribution is -2.30. The Morgan fingerprint density at radius 3 is 2.48 bits per heavy atom. The van der Waals surface area contributed by atoms with Crippen LogP contribution < -0.4 is 10.1 Å². The Labute approximate surface area is 159 Å². The van der Waals surface area contributed by atoms with Gasteiger partial charge in [-0.2, -0.15) is 4.31 Å². The number of anilines is 1. The maximum atomic E-state index is 13.1. The minimum atomic E-state index is -3.63. The molecule has 2 aromatic rings. The van der Waals surface area contributed by atoms with Gasteiger partial charge in [0.25, 0.3) is 5.91 Å². The number of nitrogens with zero attached hydrogens (tertiary/aromatic N) is 1. The molecule has 0 spiro atoms. The van der Waals surface area contributed by atoms with E-state index in [1.807, 2.05) is 0 Å². The summed E-state index contributed by atoms with van der Waals surface area (Å²) in [5.74, 6) is -0.697. The van der Waals surface area contributed by atoms with Gasteiger partial charge in [-0.15, -0.1) is 0 Å². The van der Waals surface area contributed by atoms with Crippen molar-refractivity contribution in [1.82, 2.24) is 4.31 Å². The molecule has 6 nitrogen and oxygen atoms in total. The molecular formula is C19H23FN2O4S. The zero-order valence-corrected chi connectivity index (χ0v) is 16.3. The Kier molecular flexibility index (Phi) is 6.92. The van der Waals surface area contributed by atoms with E-state index in [0.29, 0.717) is 24.3 Å². The summed E-state index contributed by atoms with van der Waals surface area (Å²) < 4.78 is 45.0. The maximum absolute atomic E-state index is 13.1. The van der Waals surface area contributed by atoms with Gasteiger partial charge < -0.3 is 10.1 Å². The second-order valence-electron chi connectivity index (χ2n) is 5.86. The summed E-state index contributed by atoms with van der Waals surface area (Å²) in [4.78, 5) is 12.2. The number of hydrogen-bond donors (Lipinski definition) is 1. The fraction of sp³-hybridized carbons (Fsp3) is 0.316. The van der Waals surface area contributed by atoms with Crippen LogP contribution in [-0.4, -0.2) is 38.3 Å². The number of sulfonamides is 1. The summed E-state index contributed by atoms with van der Waals surface area (Å²) in [6.07, 6.45) is 0. The molecule has 0 heterocycles. The fourth-order valence-electron chi connectivity index (χ4n) is 2.50. The van der Waals surface area contributed by atoms with E-state index in [2.05, 4.69) is 5.32 Å². The van der Waals surface area contributed by atoms with E-state index in [-0.39, 0.29) is 17.3 Å². The number of amides is 1. The first-order valence-electron chi connectivity index (χ1n) is 8.57. The van der Waals surface area contributed by atoms with E-state index in [0.717, 1.165) is 0 Å². The van der Waals surface area contributed by atoms with Crippen molar-refractivity contribution in [1.29, 1.82) is 0 Å². The Morgan fingerprint density at radius 1 is 1.15 bits per heavy atom. The topological polar surface area (TPSA) is 75.7 Å². The van der Waals surface area contributed by atoms with Gasteiger partial charge >= 0.3 is 0 Å². The first-order chi connectivity index (χ1) is 12.8. The number of carbonyl (C=O) groups excluding carboxylic acids is 1. The summed E-state index contributed by atoms with van der Waals surface area (Å²) in [5.41, 5.74) is 1.10. The summed E-state index contributed by atoms with van der Waals surface area (Å²) in [6, 6.07) is 10.1. The maximum Gasteiger partial charge on any atom is 0.262 e. The van der Waals surface area contributed by atoms with Gasteiger partial charge in [-0.3, -0.25) is 4.79 Å². The zero-order chi connectivity index (χ0) is 20.0. The van der Waals surface area contributed by atoms with Crippen molar-refractivity contribution in [3.05, 3.63) is 53.8 Å². The standard InChI is InChI=1S/C19H23FN2O4S/c1-4-22(5-2)27(24,25)17-10-9-14(3)18(12-17)21-19(23)13-26-16-8-6-7-15(20)11-16/h6-12H,4-5,13H2,1-3H3,(H,21,23). The van der Waals surface area contributed by atoms with Crippen molar-refractivity contribution in [3.63, 3.8) is 0 Å². The van der Waals surface area contributed by atoms with Gasteiger partial charge in [-0.1, -0.05) is 26.0 Å². The third kappa shape index (κ3) is 5.27. The Hall–Kier alpha value is -2.45. The van der Waals surface area contributed by atoms with Crippen molar-refractivity contribution in [3.8, 4) is 5.75 Å². The van der Waals surface area contributed by atoms with Crippen molar-refractivity contribution in [2.75, 3.05) is 25.0 Å². The minimum absolute atomic E-state index is 0.109. The average molecular weight is 394 g/mol. The SMILES string of the molecule is CCN(CC)S(=O)(=O)c1ccc(C)c(NC(=O)COc2cccc(F)c2)c1. The number of benzene rings is 2. The Balaban J connectivity index is 2.13. The highest BCUT2D eigenvalue weighted by Crippen LogP contribution is 2.23. The number of carbonyl (C=O) groups is 1. The smallest absolute Gasteiger partial charge is 0.262 e. The molecule has 8 heteroatoms. The van der Waals surface area contributed by atoms with E-state index in [1.54, 1.807) is 32.9 Å². The van der Waals surface area contributed by atoms with Gasteiger partial charge in [0.05, 0.1) is 4.90 Å². The van der Waals surface area contributed by atoms with Gasteiger partial charge in [0.1, 0.15) is 11.6 Å². The first kappa shape index (κ1) is 20.9. The van der Waals surface area contributed by atoms with E-state index in [9.17, 15) is 17.6 Å². The number of rotatable bonds is 8. The van der Waals surface area contributed by atoms with Crippen molar-refractivity contribution in [2.24, 2.45) is 0 Å². The van der Waals surface area contributed by atoms with E-state index in [1.165, 1.54) is 34.6 Å². The average Bonchev–Trinajstić information content (AvgIpc) is 2.62. The molecule has 0 aliphatic rings. The first-order valence-corrected chi connectivity index (χ1v) is 10.0. The van der Waals surface area contributed by atoms with Crippen LogP contribution >= 0.6 is 0 Å². The highest BCUT2D eigenvalue weighted by molar-refractivity contribution is 7.89. The highest BCUT2D eigenvalue weighted by Gasteiger charge is 2.22. The normalized spacial score (nSPS) is 11.4. The Bertz CT molecular complexity index is 912. The van der Waals surface area contributed by atoms with Crippen LogP contribution in [0.1, 0.15) is 19.4 Å². The van der Waals surface area contributed by atoms with Gasteiger partial charge in [-0.25, -0.2) is 12.8 Å². The van der Waals surface area contributed by atoms with Gasteiger partial charge in [0, 0.05) is 24.8 Å². The molecule has 1 N–H and O–H groups in total. The molecular weight excluding hydrogens is 371 g/mol. The lowest BCUT2D eigenvalue weighted by molar-refractivity contribution is -0.118. The molecule has 0 atom stereocenters. The summed E-state index contributed by atoms with van der Waals surface area (Å²) in [7, 11) is -3.63. The molecule has 0 fully saturated rings. The lowest BCUT2D eigenvalue weighted by atomic mass is 10.2. The van der Waals surface area contributed by atoms with Gasteiger partial charge in [0.2, 0.25) is 10.0 Å². The van der Waals surface area contributed by atoms with Crippen LogP contribution in [0.4, 0.5) is 10.1 Å². The van der Waals surface area contributed by atoms with Gasteiger partial charge in [-0.05, 0) is 36.8 Å². The van der Waals surface area contributed by atoms with Crippen LogP contribution in [0.15, 0.2) is 47.4 Å². The Morgan fingerprint density at radius 2 is 1.85 bits per heavy atom. The third-order valence-corrected chi connectivity index (χ3v) is 6.04. The number of nitrogens with one attached hydrogen (secondary N) is 1. The molecule has 0 unspecified atom stereocenters. The molecule has 0 saturated heterocycles. The summed E-state index contributed by atoms with van der Waals surface area (Å²) >= 11 is 0. The van der Waals surface area contributed by atoms with E-state index >= 15 is 0 Å². The second-order valence-corrected chi connectivity index (χ2v) is 7.80. The minimum Gasteiger partial charge on any atom is -0.484 e. The highest BCUT2D eigenvalue weighted by atomic mass is 32.2. The van der Waals surface area contributed by atoms with Gasteiger partial charge in [0.15, 0.2) is 6.61 Å². The molecule has 0 saturated carbocycles. The molecule has 1 amide bonds. The molecule has 0 aromatic heterocycles. The molecule has 0 bridgehead atoms. The predicted octanol–water partition coefficient (Wildman–Crippen LogP) is 3.18. The predicted molar refractivity (Wildman–Crippen MR) is 102 cm³/mol. The third-order valence-electron chi connectivity index (χ3n) is 3.99. The molecule has 0 aliphatic carbocycles. The summed E-state index contributed by atoms with van der Waals surface area (Å²) in [5, 5.41) is 2.64. The fourth-order valence-corrected chi connectivity index (χ4v) is 3.99. The number of halogens is 1. The van der Waals surface area contributed by atoms with E-state index in [4.69, 9.17) is 4.74 Å². The van der Waals surface area contributed by atoms with Crippen LogP contribution in [0, 0.1) is 12.7 Å². The van der Waals surface area contributed by atoms with Crippen LogP contribution in [0.5, 0.6) is 5.75 Å². The van der Waals surface area contributed by atoms with Crippen molar-refractivity contribution in [2.45, 2.75) is 25.7 Å². The zero-order valence-electron chi connectivity index (χ0n) is 15.5. The second kappa shape index (κ2) is 8.96. The number of ether oxygens (including phenoxy) is 1. The quantitative estimate of drug-likeness (QED) is 0.746. The molecule has 27 heavy (non-hydrogen) atoms. The molecule has 146 valence electrons. The van der Waals surface area contributed by atoms with Crippen LogP contribution in [0.2, 0.25) is 0 Å². The van der Waals surface area contributed by atoms with Crippen LogP contribution in [0.25, 0.3) is 0 Å². The van der Waals surface area contributed by atoms with Crippen LogP contribution in [-0.2, 0) is 14.8 Å². The molecule has 0 aliphatic heterocycles. The van der Waals surface area contributed by atoms with Crippen molar-refractivity contribution < 1.29 is 22.3 Å². The lowest BCUT2D eigenvalue weighted by Gasteiger charge is -2.19.